The maximum Gasteiger partial charge on any atom is 0.255 e. The average Bonchev–Trinajstić information content (AvgIpc) is 2.66. The van der Waals surface area contributed by atoms with E-state index in [4.69, 9.17) is 0 Å². The van der Waals surface area contributed by atoms with Crippen LogP contribution in [-0.4, -0.2) is 31.2 Å². The van der Waals surface area contributed by atoms with Crippen LogP contribution >= 0.6 is 0 Å². The van der Waals surface area contributed by atoms with Crippen LogP contribution in [0.5, 0.6) is 0 Å². The summed E-state index contributed by atoms with van der Waals surface area (Å²) >= 11 is 0. The van der Waals surface area contributed by atoms with E-state index in [1.165, 1.54) is 13.1 Å². The molecule has 2 aromatic carbocycles. The summed E-state index contributed by atoms with van der Waals surface area (Å²) in [7, 11) is 1.51. The molecule has 0 radical (unpaired) electrons. The summed E-state index contributed by atoms with van der Waals surface area (Å²) < 4.78 is 0. The molecule has 128 valence electrons. The summed E-state index contributed by atoms with van der Waals surface area (Å²) in [5, 5.41) is 5.17. The minimum atomic E-state index is -0.765. The van der Waals surface area contributed by atoms with Gasteiger partial charge in [0.1, 0.15) is 6.04 Å². The Morgan fingerprint density at radius 1 is 1.00 bits per heavy atom. The third kappa shape index (κ3) is 5.42. The number of likely N-dealkylation sites (N-methyl/N-ethyl adjacent to an activating group) is 1. The molecule has 1 atom stereocenters. The molecule has 2 N–H and O–H groups in total. The molecule has 5 nitrogen and oxygen atoms in total. The van der Waals surface area contributed by atoms with Gasteiger partial charge in [-0.1, -0.05) is 60.7 Å². The van der Waals surface area contributed by atoms with Crippen LogP contribution in [0.4, 0.5) is 0 Å². The van der Waals surface area contributed by atoms with Crippen molar-refractivity contribution in [2.75, 3.05) is 7.05 Å². The van der Waals surface area contributed by atoms with Crippen LogP contribution in [0.1, 0.15) is 11.1 Å². The first-order valence-electron chi connectivity index (χ1n) is 7.92. The molecular formula is C20H20N2O3. The Labute approximate surface area is 146 Å². The molecule has 5 heteroatoms. The van der Waals surface area contributed by atoms with Crippen molar-refractivity contribution in [2.24, 2.45) is 0 Å². The molecule has 0 aliphatic heterocycles. The van der Waals surface area contributed by atoms with Crippen LogP contribution in [0.2, 0.25) is 0 Å². The van der Waals surface area contributed by atoms with Gasteiger partial charge in [-0.2, -0.15) is 0 Å². The second-order valence-electron chi connectivity index (χ2n) is 5.46. The fourth-order valence-electron chi connectivity index (χ4n) is 2.36. The van der Waals surface area contributed by atoms with Gasteiger partial charge < -0.3 is 10.6 Å². The van der Waals surface area contributed by atoms with Crippen molar-refractivity contribution in [3.05, 3.63) is 77.4 Å². The molecule has 0 saturated carbocycles. The lowest BCUT2D eigenvalue weighted by Crippen LogP contribution is -2.47. The molecule has 0 aromatic heterocycles. The van der Waals surface area contributed by atoms with E-state index in [-0.39, 0.29) is 11.5 Å². The second kappa shape index (κ2) is 9.17. The second-order valence-corrected chi connectivity index (χ2v) is 5.46. The number of carbonyl (C=O) groups is 3. The summed E-state index contributed by atoms with van der Waals surface area (Å²) in [5.74, 6) is -0.898. The molecule has 1 unspecified atom stereocenters. The zero-order valence-corrected chi connectivity index (χ0v) is 13.9. The highest BCUT2D eigenvalue weighted by molar-refractivity contribution is 6.15. The zero-order chi connectivity index (χ0) is 18.1. The lowest BCUT2D eigenvalue weighted by Gasteiger charge is -2.17. The molecule has 0 spiro atoms. The molecule has 0 bridgehead atoms. The Morgan fingerprint density at radius 3 is 2.16 bits per heavy atom. The maximum absolute atomic E-state index is 12.4. The SMILES string of the molecule is CNC(=O)C(Cc1ccccc1)NC(=O)C(C=O)=Cc1ccccc1. The van der Waals surface area contributed by atoms with Crippen molar-refractivity contribution >= 4 is 24.2 Å². The molecule has 0 saturated heterocycles. The standard InChI is InChI=1S/C20H20N2O3/c1-21-20(25)18(13-16-10-6-3-7-11-16)22-19(24)17(14-23)12-15-8-4-2-5-9-15/h2-12,14,18H,13H2,1H3,(H,21,25)(H,22,24). The first kappa shape index (κ1) is 18.1. The molecule has 0 heterocycles. The first-order valence-corrected chi connectivity index (χ1v) is 7.92. The van der Waals surface area contributed by atoms with Crippen molar-refractivity contribution in [3.8, 4) is 0 Å². The van der Waals surface area contributed by atoms with E-state index in [0.29, 0.717) is 12.7 Å². The number of rotatable bonds is 7. The molecule has 0 aliphatic carbocycles. The van der Waals surface area contributed by atoms with Crippen LogP contribution in [0.15, 0.2) is 66.2 Å². The molecule has 2 aromatic rings. The first-order chi connectivity index (χ1) is 12.1. The van der Waals surface area contributed by atoms with E-state index in [2.05, 4.69) is 10.6 Å². The van der Waals surface area contributed by atoms with E-state index in [9.17, 15) is 14.4 Å². The molecule has 2 rings (SSSR count). The van der Waals surface area contributed by atoms with Gasteiger partial charge in [0.15, 0.2) is 6.29 Å². The molecule has 0 aliphatic rings. The fourth-order valence-corrected chi connectivity index (χ4v) is 2.36. The van der Waals surface area contributed by atoms with Gasteiger partial charge in [-0.15, -0.1) is 0 Å². The minimum Gasteiger partial charge on any atom is -0.357 e. The highest BCUT2D eigenvalue weighted by atomic mass is 16.2. The van der Waals surface area contributed by atoms with Crippen LogP contribution in [0.3, 0.4) is 0 Å². The molecular weight excluding hydrogens is 316 g/mol. The number of aldehydes is 1. The Bertz CT molecular complexity index is 755. The van der Waals surface area contributed by atoms with Crippen molar-refractivity contribution in [1.82, 2.24) is 10.6 Å². The lowest BCUT2D eigenvalue weighted by molar-refractivity contribution is -0.127. The summed E-state index contributed by atoms with van der Waals surface area (Å²) in [6.07, 6.45) is 2.32. The monoisotopic (exact) mass is 336 g/mol. The van der Waals surface area contributed by atoms with Gasteiger partial charge in [0.25, 0.3) is 5.91 Å². The smallest absolute Gasteiger partial charge is 0.255 e. The van der Waals surface area contributed by atoms with Gasteiger partial charge in [0.05, 0.1) is 5.57 Å². The van der Waals surface area contributed by atoms with Crippen LogP contribution in [0, 0.1) is 0 Å². The van der Waals surface area contributed by atoms with E-state index in [1.807, 2.05) is 48.5 Å². The molecule has 0 fully saturated rings. The number of hydrogen-bond acceptors (Lipinski definition) is 3. The number of benzene rings is 2. The Morgan fingerprint density at radius 2 is 1.60 bits per heavy atom. The highest BCUT2D eigenvalue weighted by Gasteiger charge is 2.21. The number of hydrogen-bond donors (Lipinski definition) is 2. The zero-order valence-electron chi connectivity index (χ0n) is 13.9. The Balaban J connectivity index is 2.16. The summed E-state index contributed by atoms with van der Waals surface area (Å²) in [5.41, 5.74) is 1.61. The van der Waals surface area contributed by atoms with E-state index >= 15 is 0 Å². The Hall–Kier alpha value is -3.21. The fraction of sp³-hybridized carbons (Fsp3) is 0.150. The van der Waals surface area contributed by atoms with Gasteiger partial charge in [-0.3, -0.25) is 14.4 Å². The van der Waals surface area contributed by atoms with Gasteiger partial charge >= 0.3 is 0 Å². The van der Waals surface area contributed by atoms with Gasteiger partial charge in [0, 0.05) is 13.5 Å². The number of nitrogens with one attached hydrogen (secondary N) is 2. The number of amides is 2. The predicted octanol–water partition coefficient (Wildman–Crippen LogP) is 1.74. The quantitative estimate of drug-likeness (QED) is 0.350. The average molecular weight is 336 g/mol. The topological polar surface area (TPSA) is 75.3 Å². The van der Waals surface area contributed by atoms with Crippen molar-refractivity contribution in [1.29, 1.82) is 0 Å². The summed E-state index contributed by atoms with van der Waals surface area (Å²) in [4.78, 5) is 35.8. The third-order valence-electron chi connectivity index (χ3n) is 3.66. The van der Waals surface area contributed by atoms with Crippen LogP contribution in [-0.2, 0) is 20.8 Å². The van der Waals surface area contributed by atoms with Crippen molar-refractivity contribution < 1.29 is 14.4 Å². The molecule has 2 amide bonds. The van der Waals surface area contributed by atoms with Crippen molar-refractivity contribution in [2.45, 2.75) is 12.5 Å². The van der Waals surface area contributed by atoms with E-state index < -0.39 is 11.9 Å². The number of carbonyl (C=O) groups excluding carboxylic acids is 3. The highest BCUT2D eigenvalue weighted by Crippen LogP contribution is 2.07. The van der Waals surface area contributed by atoms with Crippen LogP contribution < -0.4 is 10.6 Å². The van der Waals surface area contributed by atoms with E-state index in [1.54, 1.807) is 12.1 Å². The van der Waals surface area contributed by atoms with Crippen LogP contribution in [0.25, 0.3) is 6.08 Å². The Kier molecular flexibility index (Phi) is 6.65. The normalized spacial score (nSPS) is 12.1. The summed E-state index contributed by atoms with van der Waals surface area (Å²) in [6, 6.07) is 17.7. The van der Waals surface area contributed by atoms with Crippen molar-refractivity contribution in [3.63, 3.8) is 0 Å². The predicted molar refractivity (Wildman–Crippen MR) is 96.6 cm³/mol. The van der Waals surface area contributed by atoms with Gasteiger partial charge in [-0.05, 0) is 17.2 Å². The third-order valence-corrected chi connectivity index (χ3v) is 3.66. The van der Waals surface area contributed by atoms with Gasteiger partial charge in [0.2, 0.25) is 5.91 Å². The molecule has 25 heavy (non-hydrogen) atoms. The van der Waals surface area contributed by atoms with E-state index in [0.717, 1.165) is 11.1 Å². The van der Waals surface area contributed by atoms with Gasteiger partial charge in [-0.25, -0.2) is 0 Å². The lowest BCUT2D eigenvalue weighted by atomic mass is 10.0. The minimum absolute atomic E-state index is 0.0341. The largest absolute Gasteiger partial charge is 0.357 e. The maximum atomic E-state index is 12.4. The summed E-state index contributed by atoms with van der Waals surface area (Å²) in [6.45, 7) is 0.